The monoisotopic (exact) mass is 494 g/mol. The number of aliphatic hydroxyl groups is 1. The van der Waals surface area contributed by atoms with Gasteiger partial charge in [-0.2, -0.15) is 13.2 Å². The highest BCUT2D eigenvalue weighted by Gasteiger charge is 2.35. The van der Waals surface area contributed by atoms with Crippen LogP contribution in [0.4, 0.5) is 33.7 Å². The first-order valence-corrected chi connectivity index (χ1v) is 10.5. The molecular weight excluding hydrogens is 472 g/mol. The van der Waals surface area contributed by atoms with Gasteiger partial charge in [-0.05, 0) is 54.5 Å². The van der Waals surface area contributed by atoms with Crippen LogP contribution in [-0.4, -0.2) is 36.7 Å². The Labute approximate surface area is 198 Å². The van der Waals surface area contributed by atoms with Crippen molar-refractivity contribution in [3.63, 3.8) is 0 Å². The van der Waals surface area contributed by atoms with Crippen LogP contribution in [0.1, 0.15) is 24.5 Å². The predicted molar refractivity (Wildman–Crippen MR) is 120 cm³/mol. The number of anilines is 2. The number of hydrogen-bond donors (Lipinski definition) is 3. The van der Waals surface area contributed by atoms with Crippen molar-refractivity contribution in [2.45, 2.75) is 19.5 Å². The molecule has 1 aliphatic rings. The number of alkyl halides is 3. The number of Topliss-reactive ketones (excluding diaryl/α,β-unsaturated/α-hetero) is 1. The van der Waals surface area contributed by atoms with Crippen LogP contribution < -0.4 is 15.4 Å². The summed E-state index contributed by atoms with van der Waals surface area (Å²) in [6.45, 7) is 1.24. The van der Waals surface area contributed by atoms with E-state index in [4.69, 9.17) is 14.6 Å². The number of allylic oxidation sites excluding steroid dienone is 4. The van der Waals surface area contributed by atoms with E-state index in [1.54, 1.807) is 13.0 Å². The molecule has 0 unspecified atom stereocenters. The van der Waals surface area contributed by atoms with Gasteiger partial charge < -0.3 is 25.2 Å². The van der Waals surface area contributed by atoms with E-state index in [-0.39, 0.29) is 35.9 Å². The Balaban J connectivity index is 1.72. The van der Waals surface area contributed by atoms with E-state index in [1.165, 1.54) is 24.3 Å². The van der Waals surface area contributed by atoms with Crippen LogP contribution in [0, 0.1) is 5.82 Å². The number of ketones is 1. The Morgan fingerprint density at radius 1 is 1.11 bits per heavy atom. The quantitative estimate of drug-likeness (QED) is 0.442. The van der Waals surface area contributed by atoms with Gasteiger partial charge in [0.15, 0.2) is 5.76 Å². The minimum Gasteiger partial charge on any atom is -0.491 e. The first-order chi connectivity index (χ1) is 16.6. The molecule has 2 aromatic rings. The molecule has 0 saturated heterocycles. The van der Waals surface area contributed by atoms with Crippen LogP contribution in [0.2, 0.25) is 0 Å². The summed E-state index contributed by atoms with van der Waals surface area (Å²) in [6.07, 6.45) is -1.52. The largest absolute Gasteiger partial charge is 0.491 e. The number of rotatable bonds is 8. The zero-order chi connectivity index (χ0) is 25.6. The summed E-state index contributed by atoms with van der Waals surface area (Å²) in [7, 11) is 0. The highest BCUT2D eigenvalue weighted by Crippen LogP contribution is 2.38. The standard InChI is InChI=1S/C24H22F4N2O5/c1-2-34-22-12-15(4-7-20(22)32)14-3-6-19(18(25)11-14)30-23(33)29-16-5-8-21(35-10-9-31)17(13-16)24(26,27)28/h3-6,8,11-13,31H,2,7,9-10H2,1H3,(H2,29,30,33). The molecule has 0 atom stereocenters. The molecule has 2 amide bonds. The van der Waals surface area contributed by atoms with Gasteiger partial charge in [-0.3, -0.25) is 4.79 Å². The maximum absolute atomic E-state index is 14.6. The fourth-order valence-electron chi connectivity index (χ4n) is 3.25. The molecule has 3 rings (SSSR count). The number of hydrogen-bond acceptors (Lipinski definition) is 5. The number of carbonyl (C=O) groups excluding carboxylic acids is 2. The average Bonchev–Trinajstić information content (AvgIpc) is 2.80. The molecule has 7 nitrogen and oxygen atoms in total. The summed E-state index contributed by atoms with van der Waals surface area (Å²) < 4.78 is 64.8. The highest BCUT2D eigenvalue weighted by atomic mass is 19.4. The zero-order valence-electron chi connectivity index (χ0n) is 18.5. The van der Waals surface area contributed by atoms with Gasteiger partial charge in [-0.25, -0.2) is 9.18 Å². The van der Waals surface area contributed by atoms with E-state index in [0.29, 0.717) is 23.8 Å². The van der Waals surface area contributed by atoms with Gasteiger partial charge in [0.25, 0.3) is 0 Å². The number of amides is 2. The van der Waals surface area contributed by atoms with E-state index >= 15 is 0 Å². The van der Waals surface area contributed by atoms with E-state index in [2.05, 4.69) is 10.6 Å². The van der Waals surface area contributed by atoms with Crippen molar-refractivity contribution in [3.05, 3.63) is 71.3 Å². The first kappa shape index (κ1) is 25.8. The Bertz CT molecular complexity index is 1170. The van der Waals surface area contributed by atoms with E-state index in [9.17, 15) is 27.2 Å². The SMILES string of the molecule is CCOC1=CC(c2ccc(NC(=O)Nc3ccc(OCCO)c(C(F)(F)F)c3)c(F)c2)=CCC1=O. The summed E-state index contributed by atoms with van der Waals surface area (Å²) in [5.41, 5.74) is -0.518. The molecule has 2 aromatic carbocycles. The molecule has 3 N–H and O–H groups in total. The molecule has 0 fully saturated rings. The van der Waals surface area contributed by atoms with Crippen molar-refractivity contribution < 1.29 is 41.7 Å². The van der Waals surface area contributed by atoms with Crippen molar-refractivity contribution in [2.24, 2.45) is 0 Å². The van der Waals surface area contributed by atoms with Crippen LogP contribution in [0.5, 0.6) is 5.75 Å². The molecule has 0 heterocycles. The minimum atomic E-state index is -4.77. The van der Waals surface area contributed by atoms with Gasteiger partial charge in [0.05, 0.1) is 24.5 Å². The third-order valence-corrected chi connectivity index (χ3v) is 4.81. The molecule has 0 aliphatic heterocycles. The van der Waals surface area contributed by atoms with Crippen LogP contribution in [0.15, 0.2) is 54.3 Å². The number of benzene rings is 2. The zero-order valence-corrected chi connectivity index (χ0v) is 18.5. The molecule has 0 radical (unpaired) electrons. The number of urea groups is 1. The fraction of sp³-hybridized carbons (Fsp3) is 0.250. The second-order valence-electron chi connectivity index (χ2n) is 7.28. The first-order valence-electron chi connectivity index (χ1n) is 10.5. The maximum Gasteiger partial charge on any atom is 0.420 e. The van der Waals surface area contributed by atoms with Gasteiger partial charge in [0, 0.05) is 12.1 Å². The van der Waals surface area contributed by atoms with Crippen LogP contribution >= 0.6 is 0 Å². The average molecular weight is 494 g/mol. The Morgan fingerprint density at radius 2 is 1.89 bits per heavy atom. The number of ether oxygens (including phenoxy) is 2. The predicted octanol–water partition coefficient (Wildman–Crippen LogP) is 5.14. The molecule has 0 spiro atoms. The van der Waals surface area contributed by atoms with Gasteiger partial charge in [0.2, 0.25) is 5.78 Å². The maximum atomic E-state index is 14.6. The number of carbonyl (C=O) groups is 2. The van der Waals surface area contributed by atoms with Crippen molar-refractivity contribution in [1.29, 1.82) is 0 Å². The van der Waals surface area contributed by atoms with Crippen molar-refractivity contribution in [2.75, 3.05) is 30.5 Å². The topological polar surface area (TPSA) is 96.9 Å². The normalized spacial score (nSPS) is 13.6. The molecular formula is C24H22F4N2O5. The Hall–Kier alpha value is -3.86. The van der Waals surface area contributed by atoms with Crippen molar-refractivity contribution in [1.82, 2.24) is 0 Å². The van der Waals surface area contributed by atoms with Gasteiger partial charge in [0.1, 0.15) is 18.2 Å². The number of nitrogens with one attached hydrogen (secondary N) is 2. The molecule has 186 valence electrons. The summed E-state index contributed by atoms with van der Waals surface area (Å²) in [5, 5.41) is 13.2. The van der Waals surface area contributed by atoms with Gasteiger partial charge in [-0.1, -0.05) is 12.1 Å². The molecule has 0 bridgehead atoms. The third kappa shape index (κ3) is 6.60. The summed E-state index contributed by atoms with van der Waals surface area (Å²) in [4.78, 5) is 24.1. The van der Waals surface area contributed by atoms with E-state index in [0.717, 1.165) is 12.1 Å². The number of halogens is 4. The van der Waals surface area contributed by atoms with Crippen molar-refractivity contribution >= 4 is 28.8 Å². The third-order valence-electron chi connectivity index (χ3n) is 4.81. The lowest BCUT2D eigenvalue weighted by atomic mass is 9.97. The lowest BCUT2D eigenvalue weighted by Crippen LogP contribution is -2.21. The second kappa shape index (κ2) is 11.0. The van der Waals surface area contributed by atoms with E-state index < -0.39 is 35.9 Å². The van der Waals surface area contributed by atoms with Crippen LogP contribution in [0.25, 0.3) is 5.57 Å². The Kier molecular flexibility index (Phi) is 8.13. The summed E-state index contributed by atoms with van der Waals surface area (Å²) in [6, 6.07) is 5.88. The summed E-state index contributed by atoms with van der Waals surface area (Å²) >= 11 is 0. The van der Waals surface area contributed by atoms with Gasteiger partial charge >= 0.3 is 12.2 Å². The number of aliphatic hydroxyl groups excluding tert-OH is 1. The van der Waals surface area contributed by atoms with Gasteiger partial charge in [-0.15, -0.1) is 0 Å². The molecule has 11 heteroatoms. The lowest BCUT2D eigenvalue weighted by Gasteiger charge is -2.16. The lowest BCUT2D eigenvalue weighted by molar-refractivity contribution is -0.139. The van der Waals surface area contributed by atoms with Crippen molar-refractivity contribution in [3.8, 4) is 5.75 Å². The van der Waals surface area contributed by atoms with E-state index in [1.807, 2.05) is 0 Å². The fourth-order valence-corrected chi connectivity index (χ4v) is 3.25. The second-order valence-corrected chi connectivity index (χ2v) is 7.28. The molecule has 0 saturated carbocycles. The minimum absolute atomic E-state index is 0.106. The highest BCUT2D eigenvalue weighted by molar-refractivity contribution is 6.02. The summed E-state index contributed by atoms with van der Waals surface area (Å²) in [5.74, 6) is -1.30. The smallest absolute Gasteiger partial charge is 0.420 e. The Morgan fingerprint density at radius 3 is 2.54 bits per heavy atom. The van der Waals surface area contributed by atoms with Crippen LogP contribution in [0.3, 0.4) is 0 Å². The molecule has 35 heavy (non-hydrogen) atoms. The molecule has 0 aromatic heterocycles. The molecule has 1 aliphatic carbocycles. The van der Waals surface area contributed by atoms with Crippen LogP contribution in [-0.2, 0) is 15.7 Å².